The minimum atomic E-state index is -0.287. The molecule has 0 unspecified atom stereocenters. The Kier molecular flexibility index (Phi) is 5.35. The van der Waals surface area contributed by atoms with Crippen LogP contribution in [0.4, 0.5) is 4.79 Å². The number of nitrogens with one attached hydrogen (secondary N) is 2. The van der Waals surface area contributed by atoms with Crippen LogP contribution in [0.1, 0.15) is 11.4 Å². The van der Waals surface area contributed by atoms with Gasteiger partial charge in [-0.15, -0.1) is 11.3 Å². The number of hydrogen-bond donors (Lipinski definition) is 2. The Hall–Kier alpha value is -2.38. The quantitative estimate of drug-likeness (QED) is 0.718. The number of urea groups is 1. The molecule has 2 amide bonds. The monoisotopic (exact) mass is 376 g/mol. The number of halogens is 1. The van der Waals surface area contributed by atoms with E-state index < -0.39 is 0 Å². The van der Waals surface area contributed by atoms with Crippen molar-refractivity contribution in [3.63, 3.8) is 0 Å². The molecule has 3 aromatic rings. The van der Waals surface area contributed by atoms with Crippen LogP contribution >= 0.6 is 22.9 Å². The molecule has 25 heavy (non-hydrogen) atoms. The molecular formula is C17H17ClN4O2S. The number of carbonyl (C=O) groups excluding carboxylic acids is 1. The first-order valence-electron chi connectivity index (χ1n) is 7.75. The Morgan fingerprint density at radius 3 is 2.76 bits per heavy atom. The molecule has 0 bridgehead atoms. The molecule has 2 N–H and O–H groups in total. The first-order valence-corrected chi connectivity index (χ1v) is 9.01. The first kappa shape index (κ1) is 17.4. The Balaban J connectivity index is 1.53. The third-order valence-corrected chi connectivity index (χ3v) is 4.82. The summed E-state index contributed by atoms with van der Waals surface area (Å²) in [7, 11) is 0. The standard InChI is InChI=1S/C17H17ClN4O2S/c1-11-21-15-14(6-9-25-15)16(23)22(11)8-7-19-17(24)20-10-12-2-4-13(18)5-3-12/h2-6,9H,7-8,10H2,1H3,(H2,19,20,24). The zero-order valence-electron chi connectivity index (χ0n) is 13.6. The minimum Gasteiger partial charge on any atom is -0.336 e. The van der Waals surface area contributed by atoms with E-state index in [-0.39, 0.29) is 11.6 Å². The molecule has 0 fully saturated rings. The fraction of sp³-hybridized carbons (Fsp3) is 0.235. The topological polar surface area (TPSA) is 76.0 Å². The smallest absolute Gasteiger partial charge is 0.315 e. The number of benzene rings is 1. The van der Waals surface area contributed by atoms with Crippen molar-refractivity contribution >= 4 is 39.2 Å². The number of aryl methyl sites for hydroxylation is 1. The van der Waals surface area contributed by atoms with Crippen LogP contribution in [0.2, 0.25) is 5.02 Å². The maximum Gasteiger partial charge on any atom is 0.315 e. The summed E-state index contributed by atoms with van der Waals surface area (Å²) in [5.74, 6) is 0.642. The largest absolute Gasteiger partial charge is 0.336 e. The minimum absolute atomic E-state index is 0.0767. The Morgan fingerprint density at radius 2 is 2.00 bits per heavy atom. The van der Waals surface area contributed by atoms with Gasteiger partial charge in [0.2, 0.25) is 0 Å². The van der Waals surface area contributed by atoms with Crippen LogP contribution in [0.3, 0.4) is 0 Å². The van der Waals surface area contributed by atoms with Crippen LogP contribution in [-0.4, -0.2) is 22.1 Å². The molecule has 0 radical (unpaired) electrons. The van der Waals surface area contributed by atoms with E-state index in [9.17, 15) is 9.59 Å². The lowest BCUT2D eigenvalue weighted by atomic mass is 10.2. The number of nitrogens with zero attached hydrogens (tertiary/aromatic N) is 2. The fourth-order valence-electron chi connectivity index (χ4n) is 2.44. The lowest BCUT2D eigenvalue weighted by molar-refractivity contribution is 0.240. The van der Waals surface area contributed by atoms with Gasteiger partial charge < -0.3 is 10.6 Å². The lowest BCUT2D eigenvalue weighted by Crippen LogP contribution is -2.38. The van der Waals surface area contributed by atoms with Crippen LogP contribution in [0.5, 0.6) is 0 Å². The highest BCUT2D eigenvalue weighted by molar-refractivity contribution is 7.16. The van der Waals surface area contributed by atoms with Gasteiger partial charge in [0.15, 0.2) is 0 Å². The van der Waals surface area contributed by atoms with Gasteiger partial charge in [-0.2, -0.15) is 0 Å². The summed E-state index contributed by atoms with van der Waals surface area (Å²) in [5.41, 5.74) is 0.880. The van der Waals surface area contributed by atoms with E-state index >= 15 is 0 Å². The fourth-order valence-corrected chi connectivity index (χ4v) is 3.37. The molecule has 2 aromatic heterocycles. The molecule has 8 heteroatoms. The van der Waals surface area contributed by atoms with Crippen molar-refractivity contribution in [2.75, 3.05) is 6.54 Å². The van der Waals surface area contributed by atoms with Crippen molar-refractivity contribution in [2.45, 2.75) is 20.0 Å². The third-order valence-electron chi connectivity index (χ3n) is 3.76. The molecule has 2 heterocycles. The van der Waals surface area contributed by atoms with E-state index in [0.29, 0.717) is 35.9 Å². The normalized spacial score (nSPS) is 10.8. The summed E-state index contributed by atoms with van der Waals surface area (Å²) in [6, 6.07) is 8.75. The zero-order chi connectivity index (χ0) is 17.8. The summed E-state index contributed by atoms with van der Waals surface area (Å²) in [5, 5.41) is 8.64. The molecule has 0 aliphatic carbocycles. The third kappa shape index (κ3) is 4.18. The van der Waals surface area contributed by atoms with Gasteiger partial charge in [0.05, 0.1) is 5.39 Å². The SMILES string of the molecule is Cc1nc2sccc2c(=O)n1CCNC(=O)NCc1ccc(Cl)cc1. The van der Waals surface area contributed by atoms with E-state index in [1.165, 1.54) is 11.3 Å². The first-order chi connectivity index (χ1) is 12.0. The second kappa shape index (κ2) is 7.67. The highest BCUT2D eigenvalue weighted by Crippen LogP contribution is 2.14. The van der Waals surface area contributed by atoms with E-state index in [1.807, 2.05) is 17.5 Å². The highest BCUT2D eigenvalue weighted by atomic mass is 35.5. The number of amides is 2. The van der Waals surface area contributed by atoms with E-state index in [1.54, 1.807) is 29.7 Å². The van der Waals surface area contributed by atoms with Gasteiger partial charge in [-0.05, 0) is 36.1 Å². The number of rotatable bonds is 5. The second-order valence-electron chi connectivity index (χ2n) is 5.49. The highest BCUT2D eigenvalue weighted by Gasteiger charge is 2.09. The average molecular weight is 377 g/mol. The van der Waals surface area contributed by atoms with Gasteiger partial charge in [-0.1, -0.05) is 23.7 Å². The van der Waals surface area contributed by atoms with Crippen molar-refractivity contribution < 1.29 is 4.79 Å². The molecule has 0 atom stereocenters. The Morgan fingerprint density at radius 1 is 1.24 bits per heavy atom. The number of thiophene rings is 1. The number of hydrogen-bond acceptors (Lipinski definition) is 4. The molecule has 1 aromatic carbocycles. The number of carbonyl (C=O) groups is 1. The van der Waals surface area contributed by atoms with Crippen molar-refractivity contribution in [1.82, 2.24) is 20.2 Å². The van der Waals surface area contributed by atoms with Gasteiger partial charge in [0.1, 0.15) is 10.7 Å². The van der Waals surface area contributed by atoms with Crippen LogP contribution in [0.15, 0.2) is 40.5 Å². The van der Waals surface area contributed by atoms with Crippen LogP contribution in [0.25, 0.3) is 10.2 Å². The summed E-state index contributed by atoms with van der Waals surface area (Å²) >= 11 is 7.27. The van der Waals surface area contributed by atoms with Crippen LogP contribution in [-0.2, 0) is 13.1 Å². The van der Waals surface area contributed by atoms with Gasteiger partial charge in [0.25, 0.3) is 5.56 Å². The summed E-state index contributed by atoms with van der Waals surface area (Å²) < 4.78 is 1.58. The van der Waals surface area contributed by atoms with E-state index in [0.717, 1.165) is 10.4 Å². The lowest BCUT2D eigenvalue weighted by Gasteiger charge is -2.11. The number of aromatic nitrogens is 2. The van der Waals surface area contributed by atoms with E-state index in [4.69, 9.17) is 11.6 Å². The molecule has 3 rings (SSSR count). The molecule has 0 aliphatic rings. The van der Waals surface area contributed by atoms with Crippen LogP contribution in [0, 0.1) is 6.92 Å². The molecule has 6 nitrogen and oxygen atoms in total. The van der Waals surface area contributed by atoms with Crippen molar-refractivity contribution in [1.29, 1.82) is 0 Å². The predicted octanol–water partition coefficient (Wildman–Crippen LogP) is 2.92. The maximum atomic E-state index is 12.4. The summed E-state index contributed by atoms with van der Waals surface area (Å²) in [4.78, 5) is 29.4. The van der Waals surface area contributed by atoms with Gasteiger partial charge in [-0.25, -0.2) is 9.78 Å². The predicted molar refractivity (Wildman–Crippen MR) is 100 cm³/mol. The number of fused-ring (bicyclic) bond motifs is 1. The Bertz CT molecular complexity index is 949. The zero-order valence-corrected chi connectivity index (χ0v) is 15.2. The molecule has 130 valence electrons. The summed E-state index contributed by atoms with van der Waals surface area (Å²) in [6.45, 7) is 2.91. The maximum absolute atomic E-state index is 12.4. The second-order valence-corrected chi connectivity index (χ2v) is 6.82. The van der Waals surface area contributed by atoms with Crippen molar-refractivity contribution in [3.05, 3.63) is 62.5 Å². The van der Waals surface area contributed by atoms with Crippen molar-refractivity contribution in [3.8, 4) is 0 Å². The van der Waals surface area contributed by atoms with Gasteiger partial charge in [0, 0.05) is 24.7 Å². The molecule has 0 saturated carbocycles. The average Bonchev–Trinajstić information content (AvgIpc) is 3.06. The van der Waals surface area contributed by atoms with Crippen molar-refractivity contribution in [2.24, 2.45) is 0 Å². The molecule has 0 saturated heterocycles. The van der Waals surface area contributed by atoms with E-state index in [2.05, 4.69) is 15.6 Å². The van der Waals surface area contributed by atoms with Crippen LogP contribution < -0.4 is 16.2 Å². The Labute approximate surface area is 153 Å². The summed E-state index contributed by atoms with van der Waals surface area (Å²) in [6.07, 6.45) is 0. The molecule has 0 aliphatic heterocycles. The molecular weight excluding hydrogens is 360 g/mol. The van der Waals surface area contributed by atoms with Gasteiger partial charge in [-0.3, -0.25) is 9.36 Å². The molecule has 0 spiro atoms. The van der Waals surface area contributed by atoms with Gasteiger partial charge >= 0.3 is 6.03 Å².